The van der Waals surface area contributed by atoms with Crippen molar-refractivity contribution in [2.24, 2.45) is 0 Å². The van der Waals surface area contributed by atoms with Gasteiger partial charge in [-0.2, -0.15) is 0 Å². The first-order valence-corrected chi connectivity index (χ1v) is 10.5. The molecule has 1 heterocycles. The van der Waals surface area contributed by atoms with Gasteiger partial charge in [-0.1, -0.05) is 27.5 Å². The molecule has 0 bridgehead atoms. The van der Waals surface area contributed by atoms with Gasteiger partial charge in [0.15, 0.2) is 11.5 Å². The molecular formula is C21H26BrClN2O3. The third-order valence-corrected chi connectivity index (χ3v) is 5.56. The summed E-state index contributed by atoms with van der Waals surface area (Å²) < 4.78 is 17.9. The second kappa shape index (κ2) is 9.72. The van der Waals surface area contributed by atoms with E-state index in [4.69, 9.17) is 25.8 Å². The zero-order valence-corrected chi connectivity index (χ0v) is 18.8. The first-order chi connectivity index (χ1) is 13.5. The van der Waals surface area contributed by atoms with Gasteiger partial charge < -0.3 is 24.4 Å². The van der Waals surface area contributed by atoms with Crippen LogP contribution >= 0.6 is 27.5 Å². The van der Waals surface area contributed by atoms with Gasteiger partial charge in [0.1, 0.15) is 0 Å². The van der Waals surface area contributed by atoms with Crippen molar-refractivity contribution in [1.82, 2.24) is 0 Å². The highest BCUT2D eigenvalue weighted by molar-refractivity contribution is 9.10. The van der Waals surface area contributed by atoms with Gasteiger partial charge in [-0.25, -0.2) is 0 Å². The summed E-state index contributed by atoms with van der Waals surface area (Å²) in [6.45, 7) is 7.77. The van der Waals surface area contributed by atoms with Crippen molar-refractivity contribution in [3.05, 3.63) is 45.4 Å². The molecule has 5 nitrogen and oxygen atoms in total. The fraction of sp³-hybridized carbons (Fsp3) is 0.429. The Bertz CT molecular complexity index is 810. The number of methoxy groups -OCH3 is 1. The summed E-state index contributed by atoms with van der Waals surface area (Å²) in [7, 11) is 1.65. The molecule has 2 aromatic rings. The van der Waals surface area contributed by atoms with Gasteiger partial charge in [0, 0.05) is 35.4 Å². The number of ether oxygens (including phenoxy) is 3. The van der Waals surface area contributed by atoms with E-state index in [1.54, 1.807) is 7.11 Å². The number of anilines is 2. The molecule has 0 radical (unpaired) electrons. The molecule has 1 aliphatic heterocycles. The Morgan fingerprint density at radius 1 is 1.21 bits per heavy atom. The largest absolute Gasteiger partial charge is 0.493 e. The predicted molar refractivity (Wildman–Crippen MR) is 118 cm³/mol. The van der Waals surface area contributed by atoms with Crippen molar-refractivity contribution >= 4 is 38.9 Å². The maximum absolute atomic E-state index is 6.55. The summed E-state index contributed by atoms with van der Waals surface area (Å²) in [5.41, 5.74) is 3.00. The summed E-state index contributed by atoms with van der Waals surface area (Å²) >= 11 is 10.2. The normalized spacial score (nSPS) is 14.3. The van der Waals surface area contributed by atoms with E-state index in [2.05, 4.69) is 32.2 Å². The molecule has 2 aromatic carbocycles. The summed E-state index contributed by atoms with van der Waals surface area (Å²) in [5, 5.41) is 4.18. The van der Waals surface area contributed by atoms with Gasteiger partial charge in [-0.3, -0.25) is 0 Å². The van der Waals surface area contributed by atoms with Gasteiger partial charge in [0.05, 0.1) is 37.1 Å². The summed E-state index contributed by atoms with van der Waals surface area (Å²) in [5.74, 6) is 1.46. The Morgan fingerprint density at radius 2 is 1.96 bits per heavy atom. The highest BCUT2D eigenvalue weighted by Gasteiger charge is 2.17. The molecule has 1 aliphatic rings. The predicted octanol–water partition coefficient (Wildman–Crippen LogP) is 5.35. The van der Waals surface area contributed by atoms with Crippen molar-refractivity contribution < 1.29 is 14.2 Å². The molecule has 1 saturated heterocycles. The van der Waals surface area contributed by atoms with Crippen LogP contribution in [0.25, 0.3) is 0 Å². The molecular weight excluding hydrogens is 444 g/mol. The summed E-state index contributed by atoms with van der Waals surface area (Å²) in [4.78, 5) is 2.25. The first kappa shape index (κ1) is 21.1. The number of halogens is 2. The average Bonchev–Trinajstić information content (AvgIpc) is 2.68. The fourth-order valence-corrected chi connectivity index (χ4v) is 3.89. The van der Waals surface area contributed by atoms with Crippen LogP contribution in [0.4, 0.5) is 11.4 Å². The molecule has 1 fully saturated rings. The van der Waals surface area contributed by atoms with E-state index in [0.717, 1.165) is 64.2 Å². The Kier molecular flexibility index (Phi) is 7.32. The topological polar surface area (TPSA) is 43.0 Å². The van der Waals surface area contributed by atoms with Crippen molar-refractivity contribution in [2.45, 2.75) is 26.5 Å². The van der Waals surface area contributed by atoms with Gasteiger partial charge in [-0.05, 0) is 44.2 Å². The average molecular weight is 470 g/mol. The minimum atomic E-state index is 0.0456. The Balaban J connectivity index is 1.77. The monoisotopic (exact) mass is 468 g/mol. The van der Waals surface area contributed by atoms with E-state index in [9.17, 15) is 0 Å². The lowest BCUT2D eigenvalue weighted by Crippen LogP contribution is -2.36. The highest BCUT2D eigenvalue weighted by atomic mass is 79.9. The maximum atomic E-state index is 6.55. The van der Waals surface area contributed by atoms with Crippen LogP contribution in [-0.4, -0.2) is 39.5 Å². The lowest BCUT2D eigenvalue weighted by molar-refractivity contribution is 0.122. The quantitative estimate of drug-likeness (QED) is 0.592. The Labute approximate surface area is 180 Å². The van der Waals surface area contributed by atoms with Crippen LogP contribution < -0.4 is 19.7 Å². The van der Waals surface area contributed by atoms with Crippen molar-refractivity contribution in [3.8, 4) is 11.5 Å². The number of morpholine rings is 1. The molecule has 0 amide bonds. The molecule has 0 unspecified atom stereocenters. The number of nitrogens with zero attached hydrogens (tertiary/aromatic N) is 1. The van der Waals surface area contributed by atoms with Crippen LogP contribution in [0.5, 0.6) is 11.5 Å². The highest BCUT2D eigenvalue weighted by Crippen LogP contribution is 2.38. The Hall–Kier alpha value is -1.63. The molecule has 28 heavy (non-hydrogen) atoms. The molecule has 7 heteroatoms. The second-order valence-electron chi connectivity index (χ2n) is 6.84. The summed E-state index contributed by atoms with van der Waals surface area (Å²) in [6, 6.07) is 9.94. The minimum absolute atomic E-state index is 0.0456. The van der Waals surface area contributed by atoms with Gasteiger partial charge in [-0.15, -0.1) is 0 Å². The van der Waals surface area contributed by atoms with Gasteiger partial charge in [0.2, 0.25) is 0 Å². The second-order valence-corrected chi connectivity index (χ2v) is 8.10. The lowest BCUT2D eigenvalue weighted by Gasteiger charge is -2.29. The van der Waals surface area contributed by atoms with Crippen LogP contribution in [0.15, 0.2) is 34.8 Å². The zero-order valence-electron chi connectivity index (χ0n) is 16.4. The smallest absolute Gasteiger partial charge is 0.167 e. The van der Waals surface area contributed by atoms with E-state index in [1.807, 2.05) is 38.1 Å². The van der Waals surface area contributed by atoms with Crippen LogP contribution in [0.1, 0.15) is 19.4 Å². The fourth-order valence-electron chi connectivity index (χ4n) is 3.14. The van der Waals surface area contributed by atoms with E-state index < -0.39 is 0 Å². The molecule has 0 atom stereocenters. The molecule has 1 N–H and O–H groups in total. The number of benzene rings is 2. The van der Waals surface area contributed by atoms with E-state index in [-0.39, 0.29) is 6.10 Å². The zero-order chi connectivity index (χ0) is 20.1. The minimum Gasteiger partial charge on any atom is -0.493 e. The van der Waals surface area contributed by atoms with Crippen molar-refractivity contribution in [2.75, 3.05) is 43.6 Å². The van der Waals surface area contributed by atoms with Crippen LogP contribution in [0.2, 0.25) is 5.02 Å². The number of rotatable bonds is 7. The number of nitrogens with one attached hydrogen (secondary N) is 1. The van der Waals surface area contributed by atoms with Crippen molar-refractivity contribution in [3.63, 3.8) is 0 Å². The van der Waals surface area contributed by atoms with E-state index in [1.165, 1.54) is 0 Å². The molecule has 0 saturated carbocycles. The maximum Gasteiger partial charge on any atom is 0.167 e. The first-order valence-electron chi connectivity index (χ1n) is 9.37. The Morgan fingerprint density at radius 3 is 2.61 bits per heavy atom. The number of hydrogen-bond donors (Lipinski definition) is 1. The molecule has 3 rings (SSSR count). The van der Waals surface area contributed by atoms with Crippen LogP contribution in [0.3, 0.4) is 0 Å². The summed E-state index contributed by atoms with van der Waals surface area (Å²) in [6.07, 6.45) is 0.0456. The standard InChI is InChI=1S/C21H26BrClN2O3/c1-14(2)28-21-16(17(22)5-7-20(21)26-3)13-24-15-4-6-19(18(23)12-15)25-8-10-27-11-9-25/h4-7,12,14,24H,8-11,13H2,1-3H3. The van der Waals surface area contributed by atoms with E-state index >= 15 is 0 Å². The third-order valence-electron chi connectivity index (χ3n) is 4.51. The molecule has 0 aliphatic carbocycles. The van der Waals surface area contributed by atoms with Crippen LogP contribution in [0, 0.1) is 0 Å². The van der Waals surface area contributed by atoms with Gasteiger partial charge >= 0.3 is 0 Å². The van der Waals surface area contributed by atoms with Crippen molar-refractivity contribution in [1.29, 1.82) is 0 Å². The lowest BCUT2D eigenvalue weighted by atomic mass is 10.1. The SMILES string of the molecule is COc1ccc(Br)c(CNc2ccc(N3CCOCC3)c(Cl)c2)c1OC(C)C. The number of hydrogen-bond acceptors (Lipinski definition) is 5. The molecule has 0 spiro atoms. The molecule has 0 aromatic heterocycles. The third kappa shape index (κ3) is 5.04. The molecule has 152 valence electrons. The van der Waals surface area contributed by atoms with Gasteiger partial charge in [0.25, 0.3) is 0 Å². The van der Waals surface area contributed by atoms with Crippen LogP contribution in [-0.2, 0) is 11.3 Å². The van der Waals surface area contributed by atoms with E-state index in [0.29, 0.717) is 6.54 Å².